The molecule has 1 aliphatic carbocycles. The highest BCUT2D eigenvalue weighted by atomic mass is 35.5. The predicted octanol–water partition coefficient (Wildman–Crippen LogP) is 5.27. The summed E-state index contributed by atoms with van der Waals surface area (Å²) in [5, 5.41) is 6.80. The molecule has 1 amide bonds. The van der Waals surface area contributed by atoms with Crippen LogP contribution >= 0.6 is 11.6 Å². The van der Waals surface area contributed by atoms with Gasteiger partial charge in [0, 0.05) is 42.0 Å². The summed E-state index contributed by atoms with van der Waals surface area (Å²) >= 11 is 6.37. The van der Waals surface area contributed by atoms with E-state index < -0.39 is 12.7 Å². The number of hydrogen-bond acceptors (Lipinski definition) is 6. The number of nitrogens with zero attached hydrogens (tertiary/aromatic N) is 2. The molecule has 1 atom stereocenters. The van der Waals surface area contributed by atoms with Crippen LogP contribution in [0.4, 0.5) is 24.5 Å². The summed E-state index contributed by atoms with van der Waals surface area (Å²) in [5.74, 6) is 0.627. The molecule has 2 aliphatic heterocycles. The van der Waals surface area contributed by atoms with E-state index >= 15 is 0 Å². The number of alkyl halides is 3. The van der Waals surface area contributed by atoms with E-state index in [1.54, 1.807) is 36.7 Å². The molecule has 3 aromatic rings. The van der Waals surface area contributed by atoms with Crippen molar-refractivity contribution >= 4 is 28.9 Å². The number of nitrogens with one attached hydrogen (secondary N) is 3. The van der Waals surface area contributed by atoms with Crippen molar-refractivity contribution in [1.29, 1.82) is 0 Å². The third-order valence-corrected chi connectivity index (χ3v) is 8.06. The van der Waals surface area contributed by atoms with Crippen LogP contribution in [0.1, 0.15) is 35.3 Å². The Morgan fingerprint density at radius 1 is 1.28 bits per heavy atom. The number of carbonyl (C=O) groups excluding carboxylic acids is 1. The molecule has 6 rings (SSSR count). The number of para-hydroxylation sites is 1. The van der Waals surface area contributed by atoms with Crippen LogP contribution in [0.2, 0.25) is 5.02 Å². The maximum absolute atomic E-state index is 13.2. The number of aromatic amines is 1. The van der Waals surface area contributed by atoms with Crippen molar-refractivity contribution in [3.8, 4) is 22.8 Å². The average molecular weight is 562 g/mol. The predicted molar refractivity (Wildman–Crippen MR) is 140 cm³/mol. The molecule has 4 heterocycles. The number of hydrogen-bond donors (Lipinski definition) is 3. The van der Waals surface area contributed by atoms with Crippen molar-refractivity contribution in [2.45, 2.75) is 36.9 Å². The monoisotopic (exact) mass is 561 g/mol. The van der Waals surface area contributed by atoms with Crippen LogP contribution in [0.5, 0.6) is 11.5 Å². The number of halogens is 4. The lowest BCUT2D eigenvalue weighted by molar-refractivity contribution is -0.163. The van der Waals surface area contributed by atoms with E-state index in [0.717, 1.165) is 18.5 Å². The molecule has 2 fully saturated rings. The molecule has 1 saturated heterocycles. The second-order valence-corrected chi connectivity index (χ2v) is 10.7. The van der Waals surface area contributed by atoms with Gasteiger partial charge in [-0.3, -0.25) is 14.7 Å². The highest BCUT2D eigenvalue weighted by Gasteiger charge is 2.52. The molecule has 8 nitrogen and oxygen atoms in total. The number of fused-ring (bicyclic) bond motifs is 2. The molecule has 0 bridgehead atoms. The number of likely N-dealkylation sites (tertiary alicyclic amines) is 1. The first kappa shape index (κ1) is 25.8. The number of aromatic nitrogens is 2. The van der Waals surface area contributed by atoms with Gasteiger partial charge in [-0.2, -0.15) is 13.2 Å². The van der Waals surface area contributed by atoms with Gasteiger partial charge in [0.25, 0.3) is 5.91 Å². The quantitative estimate of drug-likeness (QED) is 0.347. The van der Waals surface area contributed by atoms with Gasteiger partial charge in [-0.15, -0.1) is 0 Å². The Bertz CT molecular complexity index is 1420. The number of amides is 1. The summed E-state index contributed by atoms with van der Waals surface area (Å²) < 4.78 is 50.3. The molecule has 3 aliphatic rings. The second kappa shape index (κ2) is 9.63. The minimum Gasteiger partial charge on any atom is -0.493 e. The lowest BCUT2D eigenvalue weighted by Gasteiger charge is -2.40. The van der Waals surface area contributed by atoms with Crippen LogP contribution in [0, 0.1) is 0 Å². The molecule has 12 heteroatoms. The summed E-state index contributed by atoms with van der Waals surface area (Å²) in [6, 6.07) is 6.71. The lowest BCUT2D eigenvalue weighted by atomic mass is 9.93. The summed E-state index contributed by atoms with van der Waals surface area (Å²) in [6.07, 6.45) is 1.39. The summed E-state index contributed by atoms with van der Waals surface area (Å²) in [6.45, 7) is 0.0557. The van der Waals surface area contributed by atoms with Gasteiger partial charge in [-0.25, -0.2) is 0 Å². The van der Waals surface area contributed by atoms with Gasteiger partial charge < -0.3 is 25.1 Å². The van der Waals surface area contributed by atoms with Crippen molar-refractivity contribution in [3.05, 3.63) is 52.9 Å². The van der Waals surface area contributed by atoms with Crippen LogP contribution in [-0.2, 0) is 5.41 Å². The second-order valence-electron chi connectivity index (χ2n) is 10.2. The number of carbonyl (C=O) groups is 1. The van der Waals surface area contributed by atoms with E-state index in [0.29, 0.717) is 64.2 Å². The van der Waals surface area contributed by atoms with Crippen molar-refractivity contribution < 1.29 is 27.4 Å². The van der Waals surface area contributed by atoms with Crippen LogP contribution in [0.25, 0.3) is 11.3 Å². The third kappa shape index (κ3) is 4.78. The summed E-state index contributed by atoms with van der Waals surface area (Å²) in [5.41, 5.74) is 3.56. The highest BCUT2D eigenvalue weighted by molar-refractivity contribution is 6.32. The van der Waals surface area contributed by atoms with E-state index in [4.69, 9.17) is 21.1 Å². The molecule has 3 N–H and O–H groups in total. The maximum atomic E-state index is 13.2. The molecule has 1 saturated carbocycles. The van der Waals surface area contributed by atoms with Gasteiger partial charge in [-0.05, 0) is 37.5 Å². The van der Waals surface area contributed by atoms with E-state index in [1.807, 2.05) is 0 Å². The Labute approximate surface area is 227 Å². The molecule has 1 aromatic carbocycles. The van der Waals surface area contributed by atoms with Gasteiger partial charge >= 0.3 is 6.18 Å². The first-order chi connectivity index (χ1) is 18.7. The fraction of sp³-hybridized carbons (Fsp3) is 0.407. The SMILES string of the molecule is COc1c(Cl)cccc1Nc1c(-c2ccncc2OC[C@@H]2CCN2CC(F)(F)F)[nH]c2c1C(=O)NCC21CC1. The topological polar surface area (TPSA) is 91.5 Å². The van der Waals surface area contributed by atoms with Gasteiger partial charge in [0.05, 0.1) is 47.5 Å². The number of ether oxygens (including phenoxy) is 2. The molecule has 0 unspecified atom stereocenters. The van der Waals surface area contributed by atoms with Crippen LogP contribution in [0.15, 0.2) is 36.7 Å². The van der Waals surface area contributed by atoms with Crippen molar-refractivity contribution in [2.75, 3.05) is 38.7 Å². The van der Waals surface area contributed by atoms with Gasteiger partial charge in [0.1, 0.15) is 12.4 Å². The van der Waals surface area contributed by atoms with Crippen molar-refractivity contribution in [1.82, 2.24) is 20.2 Å². The van der Waals surface area contributed by atoms with Gasteiger partial charge in [-0.1, -0.05) is 17.7 Å². The van der Waals surface area contributed by atoms with Crippen LogP contribution < -0.4 is 20.1 Å². The normalized spacial score (nSPS) is 19.7. The Morgan fingerprint density at radius 2 is 2.10 bits per heavy atom. The van der Waals surface area contributed by atoms with E-state index in [9.17, 15) is 18.0 Å². The Kier molecular flexibility index (Phi) is 6.38. The van der Waals surface area contributed by atoms with E-state index in [-0.39, 0.29) is 24.0 Å². The number of pyridine rings is 1. The highest BCUT2D eigenvalue weighted by Crippen LogP contribution is 2.54. The van der Waals surface area contributed by atoms with Gasteiger partial charge in [0.2, 0.25) is 0 Å². The number of rotatable bonds is 8. The molecular formula is C27H27ClF3N5O3. The number of anilines is 2. The fourth-order valence-electron chi connectivity index (χ4n) is 5.41. The minimum absolute atomic E-state index is 0.0878. The number of benzene rings is 1. The number of H-pyrrole nitrogens is 1. The van der Waals surface area contributed by atoms with Crippen molar-refractivity contribution in [3.63, 3.8) is 0 Å². The molecular weight excluding hydrogens is 535 g/mol. The zero-order valence-corrected chi connectivity index (χ0v) is 21.9. The zero-order chi connectivity index (χ0) is 27.4. The van der Waals surface area contributed by atoms with Crippen molar-refractivity contribution in [2.24, 2.45) is 0 Å². The Hall–Kier alpha value is -3.44. The van der Waals surface area contributed by atoms with E-state index in [2.05, 4.69) is 20.6 Å². The van der Waals surface area contributed by atoms with E-state index in [1.165, 1.54) is 12.0 Å². The molecule has 0 radical (unpaired) electrons. The average Bonchev–Trinajstić information content (AvgIpc) is 3.57. The maximum Gasteiger partial charge on any atom is 0.401 e. The fourth-order valence-corrected chi connectivity index (χ4v) is 5.67. The first-order valence-corrected chi connectivity index (χ1v) is 13.1. The smallest absolute Gasteiger partial charge is 0.401 e. The van der Waals surface area contributed by atoms with Crippen LogP contribution in [-0.4, -0.2) is 66.3 Å². The van der Waals surface area contributed by atoms with Gasteiger partial charge in [0.15, 0.2) is 5.75 Å². The van der Waals surface area contributed by atoms with Crippen LogP contribution in [0.3, 0.4) is 0 Å². The number of methoxy groups -OCH3 is 1. The zero-order valence-electron chi connectivity index (χ0n) is 21.1. The molecule has 2 aromatic heterocycles. The summed E-state index contributed by atoms with van der Waals surface area (Å²) in [7, 11) is 1.52. The largest absolute Gasteiger partial charge is 0.493 e. The lowest BCUT2D eigenvalue weighted by Crippen LogP contribution is -2.54. The summed E-state index contributed by atoms with van der Waals surface area (Å²) in [4.78, 5) is 22.3. The standard InChI is InChI=1S/C27H27ClF3N5O3/c1-38-23-17(28)3-2-4-18(23)34-22-20-24(26(7-8-26)13-33-25(20)37)35-21(22)16-5-9-32-11-19(16)39-12-15-6-10-36(15)14-27(29,30)31/h2-5,9,11,15,34-35H,6-8,10,12-14H2,1H3,(H,33,37)/t15-/m0/s1. The Morgan fingerprint density at radius 3 is 2.79 bits per heavy atom. The minimum atomic E-state index is -4.26. The Balaban J connectivity index is 1.38. The molecule has 39 heavy (non-hydrogen) atoms. The first-order valence-electron chi connectivity index (χ1n) is 12.7. The third-order valence-electron chi connectivity index (χ3n) is 7.76. The molecule has 206 valence electrons. The molecule has 1 spiro atoms.